The average Bonchev–Trinajstić information content (AvgIpc) is 3.67. The summed E-state index contributed by atoms with van der Waals surface area (Å²) in [5, 5.41) is 13.5. The standard InChI is InChI=1S/C54H54F3N3/c1-50(2,3)35-16-20-39-40-21-17-36(51(4,5)6)28-44(40)59(43(39)27-35)47-25-34(33-15-13-14-32(24-33)31-58)26-48(49(47)54(55,56)57)60-45-29-37(52(7,8)9)18-22-41(45)42-23-19-38(30-46(42)60)53(10,11)12/h13-30H,1-12H3. The molecule has 6 aromatic carbocycles. The molecule has 0 fully saturated rings. The van der Waals surface area contributed by atoms with Crippen molar-refractivity contribution in [3.05, 3.63) is 143 Å². The van der Waals surface area contributed by atoms with Gasteiger partial charge in [-0.25, -0.2) is 0 Å². The van der Waals surface area contributed by atoms with Crippen LogP contribution in [0.5, 0.6) is 0 Å². The molecule has 2 aromatic heterocycles. The fraction of sp³-hybridized carbons (Fsp3) is 0.315. The highest BCUT2D eigenvalue weighted by Gasteiger charge is 2.40. The normalized spacial score (nSPS) is 13.2. The Morgan fingerprint density at radius 2 is 0.750 bits per heavy atom. The van der Waals surface area contributed by atoms with E-state index >= 15 is 13.2 Å². The molecule has 0 aliphatic heterocycles. The van der Waals surface area contributed by atoms with Gasteiger partial charge >= 0.3 is 6.18 Å². The summed E-state index contributed by atoms with van der Waals surface area (Å²) in [6.45, 7) is 25.5. The second-order valence-electron chi connectivity index (χ2n) is 20.7. The van der Waals surface area contributed by atoms with E-state index in [1.807, 2.05) is 15.2 Å². The van der Waals surface area contributed by atoms with Gasteiger partial charge in [-0.3, -0.25) is 0 Å². The minimum Gasteiger partial charge on any atom is -0.309 e. The minimum absolute atomic E-state index is 0.0310. The number of aromatic nitrogens is 2. The molecule has 6 heteroatoms. The van der Waals surface area contributed by atoms with Crippen LogP contribution in [-0.4, -0.2) is 9.13 Å². The molecule has 8 aromatic rings. The van der Waals surface area contributed by atoms with Crippen LogP contribution in [0.1, 0.15) is 116 Å². The highest BCUT2D eigenvalue weighted by molar-refractivity contribution is 6.11. The van der Waals surface area contributed by atoms with E-state index in [-0.39, 0.29) is 33.0 Å². The molecule has 0 radical (unpaired) electrons. The Balaban J connectivity index is 1.65. The number of hydrogen-bond donors (Lipinski definition) is 0. The maximum Gasteiger partial charge on any atom is 0.420 e. The van der Waals surface area contributed by atoms with E-state index in [0.717, 1.165) is 43.8 Å². The summed E-state index contributed by atoms with van der Waals surface area (Å²) in [6, 6.07) is 37.7. The number of hydrogen-bond acceptors (Lipinski definition) is 1. The van der Waals surface area contributed by atoms with Crippen molar-refractivity contribution in [3.8, 4) is 28.6 Å². The third kappa shape index (κ3) is 6.96. The Labute approximate surface area is 352 Å². The van der Waals surface area contributed by atoms with Crippen LogP contribution in [0.2, 0.25) is 0 Å². The molecule has 0 spiro atoms. The van der Waals surface area contributed by atoms with Crippen LogP contribution >= 0.6 is 0 Å². The second-order valence-corrected chi connectivity index (χ2v) is 20.7. The molecule has 60 heavy (non-hydrogen) atoms. The predicted octanol–water partition coefficient (Wildman–Crippen LogP) is 15.6. The van der Waals surface area contributed by atoms with Crippen molar-refractivity contribution in [2.75, 3.05) is 0 Å². The van der Waals surface area contributed by atoms with Crippen LogP contribution in [0.3, 0.4) is 0 Å². The van der Waals surface area contributed by atoms with Crippen molar-refractivity contribution in [2.45, 2.75) is 111 Å². The molecule has 0 saturated carbocycles. The van der Waals surface area contributed by atoms with Gasteiger partial charge in [0.05, 0.1) is 45.1 Å². The van der Waals surface area contributed by atoms with Crippen molar-refractivity contribution in [2.24, 2.45) is 0 Å². The lowest BCUT2D eigenvalue weighted by molar-refractivity contribution is -0.137. The van der Waals surface area contributed by atoms with Gasteiger partial charge < -0.3 is 9.13 Å². The summed E-state index contributed by atoms with van der Waals surface area (Å²) in [7, 11) is 0. The smallest absolute Gasteiger partial charge is 0.309 e. The number of fused-ring (bicyclic) bond motifs is 6. The highest BCUT2D eigenvalue weighted by Crippen LogP contribution is 2.48. The summed E-state index contributed by atoms with van der Waals surface area (Å²) in [5.41, 5.74) is 6.85. The highest BCUT2D eigenvalue weighted by atomic mass is 19.4. The molecule has 2 heterocycles. The molecular weight excluding hydrogens is 748 g/mol. The molecule has 306 valence electrons. The lowest BCUT2D eigenvalue weighted by Gasteiger charge is -2.25. The van der Waals surface area contributed by atoms with Gasteiger partial charge in [-0.05, 0) is 104 Å². The molecule has 0 aliphatic rings. The van der Waals surface area contributed by atoms with E-state index in [1.54, 1.807) is 30.3 Å². The number of nitrogens with zero attached hydrogens (tertiary/aromatic N) is 3. The van der Waals surface area contributed by atoms with Crippen molar-refractivity contribution in [3.63, 3.8) is 0 Å². The van der Waals surface area contributed by atoms with Crippen molar-refractivity contribution < 1.29 is 13.2 Å². The summed E-state index contributed by atoms with van der Waals surface area (Å²) < 4.78 is 54.0. The monoisotopic (exact) mass is 801 g/mol. The van der Waals surface area contributed by atoms with Crippen LogP contribution in [-0.2, 0) is 27.8 Å². The fourth-order valence-electron chi connectivity index (χ4n) is 8.61. The Kier molecular flexibility index (Phi) is 9.29. The first-order chi connectivity index (χ1) is 27.9. The zero-order valence-electron chi connectivity index (χ0n) is 36.9. The van der Waals surface area contributed by atoms with Crippen LogP contribution in [0.4, 0.5) is 13.2 Å². The molecule has 0 unspecified atom stereocenters. The zero-order valence-corrected chi connectivity index (χ0v) is 36.9. The van der Waals surface area contributed by atoms with E-state index < -0.39 is 11.7 Å². The number of halogens is 3. The third-order valence-corrected chi connectivity index (χ3v) is 12.2. The van der Waals surface area contributed by atoms with E-state index in [4.69, 9.17) is 0 Å². The van der Waals surface area contributed by atoms with Crippen molar-refractivity contribution in [1.29, 1.82) is 5.26 Å². The first kappa shape index (κ1) is 41.0. The minimum atomic E-state index is -4.80. The molecule has 0 amide bonds. The van der Waals surface area contributed by atoms with Crippen LogP contribution in [0.25, 0.3) is 66.1 Å². The van der Waals surface area contributed by atoms with Gasteiger partial charge in [-0.1, -0.05) is 144 Å². The van der Waals surface area contributed by atoms with Gasteiger partial charge in [0.15, 0.2) is 0 Å². The summed E-state index contributed by atoms with van der Waals surface area (Å²) >= 11 is 0. The summed E-state index contributed by atoms with van der Waals surface area (Å²) in [5.74, 6) is 0. The first-order valence-electron chi connectivity index (χ1n) is 20.8. The number of rotatable bonds is 3. The lowest BCUT2D eigenvalue weighted by Crippen LogP contribution is -2.17. The van der Waals surface area contributed by atoms with E-state index in [9.17, 15) is 5.26 Å². The van der Waals surface area contributed by atoms with E-state index in [2.05, 4.69) is 162 Å². The average molecular weight is 802 g/mol. The molecule has 0 atom stereocenters. The van der Waals surface area contributed by atoms with Crippen LogP contribution in [0, 0.1) is 11.3 Å². The van der Waals surface area contributed by atoms with Crippen molar-refractivity contribution >= 4 is 43.6 Å². The Bertz CT molecular complexity index is 2750. The van der Waals surface area contributed by atoms with Crippen LogP contribution in [0.15, 0.2) is 109 Å². The first-order valence-corrected chi connectivity index (χ1v) is 20.8. The Morgan fingerprint density at radius 1 is 0.417 bits per heavy atom. The maximum absolute atomic E-state index is 16.8. The van der Waals surface area contributed by atoms with Crippen molar-refractivity contribution in [1.82, 2.24) is 9.13 Å². The predicted molar refractivity (Wildman–Crippen MR) is 245 cm³/mol. The zero-order chi connectivity index (χ0) is 43.5. The van der Waals surface area contributed by atoms with Gasteiger partial charge in [-0.2, -0.15) is 18.4 Å². The van der Waals surface area contributed by atoms with Gasteiger partial charge in [-0.15, -0.1) is 0 Å². The SMILES string of the molecule is CC(C)(C)c1ccc2c3ccc(C(C)(C)C)cc3n(-c3cc(-c4cccc(C#N)c4)cc(-n4c5cc(C(C)(C)C)ccc5c5ccc(C(C)(C)C)cc54)c3C(F)(F)F)c2c1. The number of nitriles is 1. The van der Waals surface area contributed by atoms with Gasteiger partial charge in [0, 0.05) is 21.5 Å². The summed E-state index contributed by atoms with van der Waals surface area (Å²) in [4.78, 5) is 0. The maximum atomic E-state index is 16.8. The fourth-order valence-corrected chi connectivity index (χ4v) is 8.61. The molecule has 3 nitrogen and oxygen atoms in total. The number of alkyl halides is 3. The molecule has 0 saturated heterocycles. The molecular formula is C54H54F3N3. The van der Waals surface area contributed by atoms with E-state index in [0.29, 0.717) is 38.8 Å². The van der Waals surface area contributed by atoms with Gasteiger partial charge in [0.25, 0.3) is 0 Å². The van der Waals surface area contributed by atoms with Gasteiger partial charge in [0.2, 0.25) is 0 Å². The third-order valence-electron chi connectivity index (χ3n) is 12.2. The number of benzene rings is 6. The largest absolute Gasteiger partial charge is 0.420 e. The Hall–Kier alpha value is -5.80. The second kappa shape index (κ2) is 13.6. The lowest BCUT2D eigenvalue weighted by atomic mass is 9.86. The Morgan fingerprint density at radius 3 is 1.03 bits per heavy atom. The molecule has 0 bridgehead atoms. The molecule has 0 N–H and O–H groups in total. The topological polar surface area (TPSA) is 33.6 Å². The molecule has 8 rings (SSSR count). The molecule has 0 aliphatic carbocycles. The van der Waals surface area contributed by atoms with Crippen LogP contribution < -0.4 is 0 Å². The summed E-state index contributed by atoms with van der Waals surface area (Å²) in [6.07, 6.45) is -4.80. The van der Waals surface area contributed by atoms with E-state index in [1.165, 1.54) is 0 Å². The quantitative estimate of drug-likeness (QED) is 0.175. The van der Waals surface area contributed by atoms with Gasteiger partial charge in [0.1, 0.15) is 5.56 Å².